The molecule has 0 saturated carbocycles. The third-order valence-electron chi connectivity index (χ3n) is 3.61. The van der Waals surface area contributed by atoms with E-state index in [4.69, 9.17) is 9.47 Å². The topological polar surface area (TPSA) is 59.6 Å². The number of halogens is 1. The summed E-state index contributed by atoms with van der Waals surface area (Å²) in [5.41, 5.74) is 0. The highest BCUT2D eigenvalue weighted by molar-refractivity contribution is 5.85. The van der Waals surface area contributed by atoms with Crippen LogP contribution in [0.5, 0.6) is 11.5 Å². The molecule has 0 radical (unpaired) electrons. The van der Waals surface area contributed by atoms with Gasteiger partial charge in [-0.25, -0.2) is 0 Å². The first-order valence-corrected chi connectivity index (χ1v) is 8.13. The zero-order chi connectivity index (χ0) is 15.6. The van der Waals surface area contributed by atoms with Crippen molar-refractivity contribution >= 4 is 18.3 Å². The monoisotopic (exact) mass is 342 g/mol. The molecule has 1 heterocycles. The van der Waals surface area contributed by atoms with Crippen LogP contribution in [0.15, 0.2) is 24.3 Å². The molecule has 1 saturated heterocycles. The van der Waals surface area contributed by atoms with Crippen LogP contribution in [-0.4, -0.2) is 38.3 Å². The molecule has 6 heteroatoms. The summed E-state index contributed by atoms with van der Waals surface area (Å²) in [6.07, 6.45) is 3.43. The number of ether oxygens (including phenoxy) is 2. The molecule has 0 aromatic heterocycles. The van der Waals surface area contributed by atoms with E-state index in [1.54, 1.807) is 0 Å². The summed E-state index contributed by atoms with van der Waals surface area (Å²) in [7, 11) is 0. The van der Waals surface area contributed by atoms with Gasteiger partial charge in [-0.1, -0.05) is 0 Å². The van der Waals surface area contributed by atoms with E-state index in [0.717, 1.165) is 43.9 Å². The first kappa shape index (κ1) is 19.6. The molecule has 1 aromatic carbocycles. The Morgan fingerprint density at radius 2 is 1.96 bits per heavy atom. The molecular formula is C17H27ClN2O3. The van der Waals surface area contributed by atoms with Crippen molar-refractivity contribution in [1.29, 1.82) is 0 Å². The molecule has 1 fully saturated rings. The number of hydrogen-bond donors (Lipinski definition) is 2. The van der Waals surface area contributed by atoms with Gasteiger partial charge in [0.2, 0.25) is 5.91 Å². The number of nitrogens with one attached hydrogen (secondary N) is 2. The van der Waals surface area contributed by atoms with Gasteiger partial charge in [0, 0.05) is 19.0 Å². The maximum atomic E-state index is 11.8. The van der Waals surface area contributed by atoms with E-state index in [-0.39, 0.29) is 24.4 Å². The third kappa shape index (κ3) is 7.57. The van der Waals surface area contributed by atoms with E-state index < -0.39 is 0 Å². The van der Waals surface area contributed by atoms with Crippen molar-refractivity contribution in [1.82, 2.24) is 10.6 Å². The summed E-state index contributed by atoms with van der Waals surface area (Å²) in [5, 5.41) is 6.36. The number of carbonyl (C=O) groups is 1. The molecular weight excluding hydrogens is 316 g/mol. The van der Waals surface area contributed by atoms with Crippen LogP contribution in [0.2, 0.25) is 0 Å². The molecule has 1 amide bonds. The van der Waals surface area contributed by atoms with E-state index in [9.17, 15) is 4.79 Å². The summed E-state index contributed by atoms with van der Waals surface area (Å²) >= 11 is 0. The zero-order valence-corrected chi connectivity index (χ0v) is 14.5. The van der Waals surface area contributed by atoms with Gasteiger partial charge < -0.3 is 20.1 Å². The number of rotatable bonds is 8. The Bertz CT molecular complexity index is 448. The summed E-state index contributed by atoms with van der Waals surface area (Å²) in [6, 6.07) is 7.84. The molecule has 5 nitrogen and oxygen atoms in total. The Kier molecular flexibility index (Phi) is 9.48. The molecule has 0 spiro atoms. The molecule has 1 aliphatic rings. The van der Waals surface area contributed by atoms with E-state index in [0.29, 0.717) is 19.6 Å². The first-order valence-electron chi connectivity index (χ1n) is 8.13. The van der Waals surface area contributed by atoms with Crippen LogP contribution < -0.4 is 20.1 Å². The molecule has 1 unspecified atom stereocenters. The number of piperidine rings is 1. The lowest BCUT2D eigenvalue weighted by atomic mass is 10.1. The quantitative estimate of drug-likeness (QED) is 0.713. The van der Waals surface area contributed by atoms with Crippen LogP contribution in [0.25, 0.3) is 0 Å². The van der Waals surface area contributed by atoms with Crippen LogP contribution in [0.1, 0.15) is 32.6 Å². The Morgan fingerprint density at radius 3 is 2.57 bits per heavy atom. The summed E-state index contributed by atoms with van der Waals surface area (Å²) in [5.74, 6) is 1.76. The largest absolute Gasteiger partial charge is 0.494 e. The third-order valence-corrected chi connectivity index (χ3v) is 3.61. The normalized spacial score (nSPS) is 17.0. The van der Waals surface area contributed by atoms with Crippen molar-refractivity contribution in [2.24, 2.45) is 0 Å². The fourth-order valence-corrected chi connectivity index (χ4v) is 2.50. The summed E-state index contributed by atoms with van der Waals surface area (Å²) in [6.45, 7) is 5.10. The minimum absolute atomic E-state index is 0. The van der Waals surface area contributed by atoms with Crippen LogP contribution in [0.3, 0.4) is 0 Å². The molecule has 0 aliphatic carbocycles. The van der Waals surface area contributed by atoms with Gasteiger partial charge in [0.15, 0.2) is 0 Å². The summed E-state index contributed by atoms with van der Waals surface area (Å²) in [4.78, 5) is 11.8. The van der Waals surface area contributed by atoms with Gasteiger partial charge in [-0.05, 0) is 57.0 Å². The van der Waals surface area contributed by atoms with E-state index in [1.807, 2.05) is 31.2 Å². The summed E-state index contributed by atoms with van der Waals surface area (Å²) < 4.78 is 11.0. The standard InChI is InChI=1S/C17H26N2O3.ClH/c1-2-21-15-7-9-16(10-8-15)22-12-4-6-17(20)19-14-5-3-11-18-13-14;/h7-10,14,18H,2-6,11-13H2,1H3,(H,19,20);1H. The molecule has 2 N–H and O–H groups in total. The Hall–Kier alpha value is -1.46. The average Bonchev–Trinajstić information content (AvgIpc) is 2.54. The van der Waals surface area contributed by atoms with Gasteiger partial charge in [0.05, 0.1) is 13.2 Å². The van der Waals surface area contributed by atoms with Gasteiger partial charge >= 0.3 is 0 Å². The second-order valence-corrected chi connectivity index (χ2v) is 5.47. The number of amides is 1. The van der Waals surface area contributed by atoms with Gasteiger partial charge in [-0.3, -0.25) is 4.79 Å². The first-order chi connectivity index (χ1) is 10.8. The molecule has 1 aromatic rings. The predicted octanol–water partition coefficient (Wildman–Crippen LogP) is 2.53. The highest BCUT2D eigenvalue weighted by atomic mass is 35.5. The van der Waals surface area contributed by atoms with Crippen molar-refractivity contribution in [2.75, 3.05) is 26.3 Å². The molecule has 2 rings (SSSR count). The van der Waals surface area contributed by atoms with Crippen molar-refractivity contribution in [3.63, 3.8) is 0 Å². The van der Waals surface area contributed by atoms with Crippen molar-refractivity contribution in [3.05, 3.63) is 24.3 Å². The van der Waals surface area contributed by atoms with Gasteiger partial charge in [-0.2, -0.15) is 0 Å². The number of benzene rings is 1. The highest BCUT2D eigenvalue weighted by Crippen LogP contribution is 2.17. The minimum atomic E-state index is 0. The van der Waals surface area contributed by atoms with E-state index in [1.165, 1.54) is 0 Å². The molecule has 0 bridgehead atoms. The average molecular weight is 343 g/mol. The maximum absolute atomic E-state index is 11.8. The number of hydrogen-bond acceptors (Lipinski definition) is 4. The van der Waals surface area contributed by atoms with Crippen molar-refractivity contribution in [3.8, 4) is 11.5 Å². The predicted molar refractivity (Wildman–Crippen MR) is 93.6 cm³/mol. The Balaban J connectivity index is 0.00000264. The molecule has 1 atom stereocenters. The highest BCUT2D eigenvalue weighted by Gasteiger charge is 2.14. The SMILES string of the molecule is CCOc1ccc(OCCCC(=O)NC2CCCNC2)cc1.Cl. The fourth-order valence-electron chi connectivity index (χ4n) is 2.50. The van der Waals surface area contributed by atoms with Crippen LogP contribution in [-0.2, 0) is 4.79 Å². The van der Waals surface area contributed by atoms with E-state index in [2.05, 4.69) is 10.6 Å². The smallest absolute Gasteiger partial charge is 0.220 e. The molecule has 130 valence electrons. The van der Waals surface area contributed by atoms with E-state index >= 15 is 0 Å². The second-order valence-electron chi connectivity index (χ2n) is 5.47. The number of carbonyl (C=O) groups excluding carboxylic acids is 1. The van der Waals surface area contributed by atoms with Crippen LogP contribution >= 0.6 is 12.4 Å². The lowest BCUT2D eigenvalue weighted by Gasteiger charge is -2.23. The van der Waals surface area contributed by atoms with Crippen LogP contribution in [0.4, 0.5) is 0 Å². The maximum Gasteiger partial charge on any atom is 0.220 e. The second kappa shape index (κ2) is 11.1. The lowest BCUT2D eigenvalue weighted by molar-refractivity contribution is -0.122. The Morgan fingerprint density at radius 1 is 1.26 bits per heavy atom. The van der Waals surface area contributed by atoms with Crippen LogP contribution in [0, 0.1) is 0 Å². The van der Waals surface area contributed by atoms with Crippen molar-refractivity contribution in [2.45, 2.75) is 38.6 Å². The molecule has 1 aliphatic heterocycles. The van der Waals surface area contributed by atoms with Gasteiger partial charge in [0.1, 0.15) is 11.5 Å². The minimum Gasteiger partial charge on any atom is -0.494 e. The fraction of sp³-hybridized carbons (Fsp3) is 0.588. The Labute approximate surface area is 144 Å². The van der Waals surface area contributed by atoms with Crippen molar-refractivity contribution < 1.29 is 14.3 Å². The van der Waals surface area contributed by atoms with Gasteiger partial charge in [-0.15, -0.1) is 12.4 Å². The lowest BCUT2D eigenvalue weighted by Crippen LogP contribution is -2.45. The van der Waals surface area contributed by atoms with Gasteiger partial charge in [0.25, 0.3) is 0 Å². The molecule has 23 heavy (non-hydrogen) atoms. The zero-order valence-electron chi connectivity index (χ0n) is 13.7.